The van der Waals surface area contributed by atoms with Crippen LogP contribution in [0.2, 0.25) is 0 Å². The summed E-state index contributed by atoms with van der Waals surface area (Å²) >= 11 is 0. The summed E-state index contributed by atoms with van der Waals surface area (Å²) < 4.78 is 38.0. The lowest BCUT2D eigenvalue weighted by molar-refractivity contribution is -0.953. The SMILES string of the molecule is COC[N+]1(C(C)C)CCCC1.O=C([O-])C(F)(F)F. The normalized spacial score (nSPS) is 18.4. The zero-order chi connectivity index (χ0) is 14.4. The molecule has 0 bridgehead atoms. The molecule has 0 aromatic carbocycles. The van der Waals surface area contributed by atoms with Crippen LogP contribution in [0.1, 0.15) is 26.7 Å². The van der Waals surface area contributed by atoms with Crippen LogP contribution in [-0.2, 0) is 9.53 Å². The standard InChI is InChI=1S/C9H20NO.C2HF3O2/c1-9(2)10(8-11-3)6-4-5-7-10;3-2(4,5)1(6)7/h9H,4-8H2,1-3H3;(H,6,7)/q+1;/p-1. The van der Waals surface area contributed by atoms with Crippen molar-refractivity contribution in [3.63, 3.8) is 0 Å². The average Bonchev–Trinajstić information content (AvgIpc) is 2.67. The maximum Gasteiger partial charge on any atom is 0.430 e. The number of hydrogen-bond donors (Lipinski definition) is 0. The second-order valence-electron chi connectivity index (χ2n) is 4.67. The van der Waals surface area contributed by atoms with E-state index < -0.39 is 12.1 Å². The van der Waals surface area contributed by atoms with Crippen LogP contribution < -0.4 is 5.11 Å². The molecule has 0 saturated carbocycles. The molecular formula is C11H20F3NO3. The Balaban J connectivity index is 0.000000360. The number of nitrogens with zero attached hydrogens (tertiary/aromatic N) is 1. The molecule has 0 unspecified atom stereocenters. The summed E-state index contributed by atoms with van der Waals surface area (Å²) in [5.41, 5.74) is 0. The fourth-order valence-electron chi connectivity index (χ4n) is 2.02. The lowest BCUT2D eigenvalue weighted by Crippen LogP contribution is -2.51. The van der Waals surface area contributed by atoms with Crippen LogP contribution in [0.4, 0.5) is 13.2 Å². The lowest BCUT2D eigenvalue weighted by atomic mass is 10.3. The van der Waals surface area contributed by atoms with Gasteiger partial charge in [0.15, 0.2) is 6.73 Å². The Labute approximate surface area is 105 Å². The van der Waals surface area contributed by atoms with Gasteiger partial charge in [0.25, 0.3) is 0 Å². The van der Waals surface area contributed by atoms with Gasteiger partial charge in [0.2, 0.25) is 0 Å². The molecule has 1 heterocycles. The van der Waals surface area contributed by atoms with Gasteiger partial charge >= 0.3 is 6.18 Å². The first-order valence-corrected chi connectivity index (χ1v) is 5.78. The zero-order valence-corrected chi connectivity index (χ0v) is 10.9. The molecule has 7 heteroatoms. The number of carbonyl (C=O) groups is 1. The third-order valence-corrected chi connectivity index (χ3v) is 3.17. The summed E-state index contributed by atoms with van der Waals surface area (Å²) in [5, 5.41) is 8.78. The molecule has 0 amide bonds. The molecule has 1 aliphatic heterocycles. The number of carboxylic acids is 1. The first kappa shape index (κ1) is 17.2. The first-order valence-electron chi connectivity index (χ1n) is 5.78. The maximum absolute atomic E-state index is 10.5. The number of alkyl halides is 3. The Morgan fingerprint density at radius 2 is 1.72 bits per heavy atom. The Bertz CT molecular complexity index is 261. The first-order chi connectivity index (χ1) is 8.15. The third-order valence-electron chi connectivity index (χ3n) is 3.17. The molecule has 0 aliphatic carbocycles. The van der Waals surface area contributed by atoms with Crippen LogP contribution in [0, 0.1) is 0 Å². The van der Waals surface area contributed by atoms with Gasteiger partial charge in [0.1, 0.15) is 5.97 Å². The summed E-state index contributed by atoms with van der Waals surface area (Å²) in [6, 6.07) is 0.720. The molecule has 1 saturated heterocycles. The van der Waals surface area contributed by atoms with E-state index in [4.69, 9.17) is 14.6 Å². The minimum absolute atomic E-state index is 0.720. The van der Waals surface area contributed by atoms with Crippen molar-refractivity contribution in [3.8, 4) is 0 Å². The number of carbonyl (C=O) groups excluding carboxylic acids is 1. The van der Waals surface area contributed by atoms with E-state index in [1.54, 1.807) is 7.11 Å². The molecule has 0 N–H and O–H groups in total. The van der Waals surface area contributed by atoms with Crippen LogP contribution in [0.25, 0.3) is 0 Å². The molecule has 18 heavy (non-hydrogen) atoms. The molecule has 108 valence electrons. The largest absolute Gasteiger partial charge is 0.542 e. The molecule has 0 aromatic heterocycles. The van der Waals surface area contributed by atoms with E-state index in [2.05, 4.69) is 13.8 Å². The molecule has 4 nitrogen and oxygen atoms in total. The highest BCUT2D eigenvalue weighted by atomic mass is 19.4. The quantitative estimate of drug-likeness (QED) is 0.717. The topological polar surface area (TPSA) is 49.4 Å². The molecule has 0 spiro atoms. The Hall–Kier alpha value is -0.820. The third kappa shape index (κ3) is 5.22. The van der Waals surface area contributed by atoms with E-state index in [0.717, 1.165) is 12.8 Å². The van der Waals surface area contributed by atoms with Gasteiger partial charge in [-0.15, -0.1) is 0 Å². The number of ether oxygens (including phenoxy) is 1. The highest BCUT2D eigenvalue weighted by Crippen LogP contribution is 2.22. The average molecular weight is 271 g/mol. The van der Waals surface area contributed by atoms with Crippen molar-refractivity contribution in [1.29, 1.82) is 0 Å². The second kappa shape index (κ2) is 6.94. The Kier molecular flexibility index (Phi) is 6.62. The van der Waals surface area contributed by atoms with Gasteiger partial charge in [-0.1, -0.05) is 0 Å². The van der Waals surface area contributed by atoms with Gasteiger partial charge in [0.05, 0.1) is 19.1 Å². The van der Waals surface area contributed by atoms with Crippen molar-refractivity contribution in [1.82, 2.24) is 0 Å². The minimum atomic E-state index is -5.19. The maximum atomic E-state index is 10.5. The van der Waals surface area contributed by atoms with Crippen molar-refractivity contribution in [2.75, 3.05) is 26.9 Å². The highest BCUT2D eigenvalue weighted by molar-refractivity contribution is 5.70. The molecular weight excluding hydrogens is 251 g/mol. The van der Waals surface area contributed by atoms with Crippen LogP contribution in [-0.4, -0.2) is 49.6 Å². The summed E-state index contributed by atoms with van der Waals surface area (Å²) in [6.45, 7) is 8.11. The van der Waals surface area contributed by atoms with Crippen LogP contribution in [0.5, 0.6) is 0 Å². The van der Waals surface area contributed by atoms with Gasteiger partial charge < -0.3 is 14.6 Å². The van der Waals surface area contributed by atoms with E-state index in [1.807, 2.05) is 0 Å². The Morgan fingerprint density at radius 3 is 1.94 bits per heavy atom. The Morgan fingerprint density at radius 1 is 1.33 bits per heavy atom. The van der Waals surface area contributed by atoms with E-state index in [1.165, 1.54) is 30.4 Å². The molecule has 1 fully saturated rings. The summed E-state index contributed by atoms with van der Waals surface area (Å²) in [5.74, 6) is -3.01. The number of methoxy groups -OCH3 is 1. The van der Waals surface area contributed by atoms with Crippen molar-refractivity contribution in [2.45, 2.75) is 38.9 Å². The number of quaternary nitrogens is 1. The van der Waals surface area contributed by atoms with Gasteiger partial charge in [0, 0.05) is 20.0 Å². The number of likely N-dealkylation sites (tertiary alicyclic amines) is 1. The monoisotopic (exact) mass is 271 g/mol. The predicted molar refractivity (Wildman–Crippen MR) is 57.3 cm³/mol. The molecule has 0 aromatic rings. The second-order valence-corrected chi connectivity index (χ2v) is 4.67. The van der Waals surface area contributed by atoms with Gasteiger partial charge in [-0.2, -0.15) is 13.2 Å². The van der Waals surface area contributed by atoms with E-state index in [9.17, 15) is 13.2 Å². The van der Waals surface area contributed by atoms with Crippen LogP contribution >= 0.6 is 0 Å². The summed E-state index contributed by atoms with van der Waals surface area (Å²) in [4.78, 5) is 8.78. The van der Waals surface area contributed by atoms with Gasteiger partial charge in [-0.25, -0.2) is 0 Å². The molecule has 1 rings (SSSR count). The molecule has 0 radical (unpaired) electrons. The predicted octanol–water partition coefficient (Wildman–Crippen LogP) is 0.908. The minimum Gasteiger partial charge on any atom is -0.542 e. The van der Waals surface area contributed by atoms with Gasteiger partial charge in [-0.05, 0) is 13.8 Å². The van der Waals surface area contributed by atoms with Crippen molar-refractivity contribution < 1.29 is 32.3 Å². The van der Waals surface area contributed by atoms with E-state index in [-0.39, 0.29) is 0 Å². The van der Waals surface area contributed by atoms with Crippen molar-refractivity contribution in [3.05, 3.63) is 0 Å². The number of hydrogen-bond acceptors (Lipinski definition) is 3. The number of aliphatic carboxylic acids is 1. The summed E-state index contributed by atoms with van der Waals surface area (Å²) in [6.07, 6.45) is -2.44. The fourth-order valence-corrected chi connectivity index (χ4v) is 2.02. The number of rotatable bonds is 3. The molecule has 0 atom stereocenters. The van der Waals surface area contributed by atoms with Crippen LogP contribution in [0.15, 0.2) is 0 Å². The van der Waals surface area contributed by atoms with Crippen LogP contribution in [0.3, 0.4) is 0 Å². The highest BCUT2D eigenvalue weighted by Gasteiger charge is 2.34. The van der Waals surface area contributed by atoms with Crippen molar-refractivity contribution >= 4 is 5.97 Å². The number of carboxylic acid groups (broad SMARTS) is 1. The van der Waals surface area contributed by atoms with Crippen molar-refractivity contribution in [2.24, 2.45) is 0 Å². The van der Waals surface area contributed by atoms with Gasteiger partial charge in [-0.3, -0.25) is 4.48 Å². The molecule has 1 aliphatic rings. The summed E-state index contributed by atoms with van der Waals surface area (Å²) in [7, 11) is 1.81. The van der Waals surface area contributed by atoms with E-state index in [0.29, 0.717) is 0 Å². The lowest BCUT2D eigenvalue weighted by Gasteiger charge is -2.37. The number of halogens is 3. The fraction of sp³-hybridized carbons (Fsp3) is 0.909. The van der Waals surface area contributed by atoms with E-state index >= 15 is 0 Å². The zero-order valence-electron chi connectivity index (χ0n) is 10.9. The smallest absolute Gasteiger partial charge is 0.430 e.